The molecule has 0 spiro atoms. The molecule has 20 heavy (non-hydrogen) atoms. The van der Waals surface area contributed by atoms with Crippen LogP contribution in [0, 0.1) is 12.7 Å². The molecule has 0 aliphatic heterocycles. The lowest BCUT2D eigenvalue weighted by Crippen LogP contribution is -2.05. The van der Waals surface area contributed by atoms with Gasteiger partial charge in [0.2, 0.25) is 0 Å². The zero-order chi connectivity index (χ0) is 14.7. The topological polar surface area (TPSA) is 49.3 Å². The number of carbonyl (C=O) groups is 1. The molecule has 3 nitrogen and oxygen atoms in total. The molecule has 2 N–H and O–H groups in total. The average molecular weight is 294 g/mol. The van der Waals surface area contributed by atoms with Crippen LogP contribution in [0.2, 0.25) is 5.02 Å². The van der Waals surface area contributed by atoms with E-state index < -0.39 is 11.8 Å². The number of carboxylic acid groups (broad SMARTS) is 1. The number of carboxylic acids is 1. The third kappa shape index (κ3) is 3.08. The fourth-order valence-electron chi connectivity index (χ4n) is 1.84. The minimum atomic E-state index is -1.27. The molecular weight excluding hydrogens is 281 g/mol. The van der Waals surface area contributed by atoms with Gasteiger partial charge < -0.3 is 10.4 Å². The fourth-order valence-corrected chi connectivity index (χ4v) is 2.01. The number of nitrogens with one attached hydrogen (secondary N) is 1. The number of hydrogen-bond acceptors (Lipinski definition) is 2. The highest BCUT2D eigenvalue weighted by Gasteiger charge is 2.10. The molecule has 0 aliphatic rings. The van der Waals surface area contributed by atoms with Crippen LogP contribution in [0.15, 0.2) is 36.4 Å². The molecule has 2 rings (SSSR count). The summed E-state index contributed by atoms with van der Waals surface area (Å²) in [5.74, 6) is -2.01. The van der Waals surface area contributed by atoms with Crippen LogP contribution in [0.1, 0.15) is 21.5 Å². The minimum Gasteiger partial charge on any atom is -0.478 e. The lowest BCUT2D eigenvalue weighted by Gasteiger charge is -2.11. The van der Waals surface area contributed by atoms with E-state index in [1.54, 1.807) is 12.1 Å². The number of halogens is 2. The van der Waals surface area contributed by atoms with Crippen LogP contribution in [-0.4, -0.2) is 11.1 Å². The Bertz CT molecular complexity index is 658. The first-order chi connectivity index (χ1) is 9.49. The molecule has 0 saturated heterocycles. The molecule has 0 fully saturated rings. The standard InChI is InChI=1S/C15H13ClFNO2/c1-9-12(16)3-2-4-14(9)18-8-10-5-6-11(15(19)20)13(17)7-10/h2-7,18H,8H2,1H3,(H,19,20). The second-order valence-electron chi connectivity index (χ2n) is 4.39. The van der Waals surface area contributed by atoms with E-state index in [0.29, 0.717) is 17.1 Å². The average Bonchev–Trinajstić information content (AvgIpc) is 2.40. The summed E-state index contributed by atoms with van der Waals surface area (Å²) in [6.07, 6.45) is 0. The number of aromatic carboxylic acids is 1. The van der Waals surface area contributed by atoms with E-state index >= 15 is 0 Å². The Kier molecular flexibility index (Phi) is 4.25. The van der Waals surface area contributed by atoms with Crippen molar-refractivity contribution < 1.29 is 14.3 Å². The van der Waals surface area contributed by atoms with Crippen molar-refractivity contribution >= 4 is 23.3 Å². The van der Waals surface area contributed by atoms with Gasteiger partial charge in [0.15, 0.2) is 0 Å². The molecule has 0 atom stereocenters. The Labute approximate surface area is 121 Å². The summed E-state index contributed by atoms with van der Waals surface area (Å²) in [4.78, 5) is 10.7. The molecule has 104 valence electrons. The first-order valence-electron chi connectivity index (χ1n) is 5.99. The van der Waals surface area contributed by atoms with Crippen LogP contribution in [-0.2, 0) is 6.54 Å². The number of benzene rings is 2. The highest BCUT2D eigenvalue weighted by molar-refractivity contribution is 6.31. The minimum absolute atomic E-state index is 0.326. The van der Waals surface area contributed by atoms with Crippen molar-refractivity contribution in [1.82, 2.24) is 0 Å². The van der Waals surface area contributed by atoms with Gasteiger partial charge in [-0.05, 0) is 42.3 Å². The van der Waals surface area contributed by atoms with Crippen LogP contribution in [0.3, 0.4) is 0 Å². The summed E-state index contributed by atoms with van der Waals surface area (Å²) in [5.41, 5.74) is 2.11. The number of hydrogen-bond donors (Lipinski definition) is 2. The highest BCUT2D eigenvalue weighted by atomic mass is 35.5. The molecule has 2 aromatic rings. The largest absolute Gasteiger partial charge is 0.478 e. The highest BCUT2D eigenvalue weighted by Crippen LogP contribution is 2.23. The van der Waals surface area contributed by atoms with E-state index in [1.165, 1.54) is 12.1 Å². The van der Waals surface area contributed by atoms with Gasteiger partial charge in [-0.15, -0.1) is 0 Å². The first kappa shape index (κ1) is 14.3. The van der Waals surface area contributed by atoms with Crippen molar-refractivity contribution in [1.29, 1.82) is 0 Å². The lowest BCUT2D eigenvalue weighted by atomic mass is 10.1. The lowest BCUT2D eigenvalue weighted by molar-refractivity contribution is 0.0692. The van der Waals surface area contributed by atoms with Gasteiger partial charge >= 0.3 is 5.97 Å². The predicted octanol–water partition coefficient (Wildman–Crippen LogP) is 4.10. The second-order valence-corrected chi connectivity index (χ2v) is 4.79. The van der Waals surface area contributed by atoms with E-state index in [1.807, 2.05) is 19.1 Å². The van der Waals surface area contributed by atoms with Crippen LogP contribution < -0.4 is 5.32 Å². The Morgan fingerprint density at radius 2 is 2.10 bits per heavy atom. The molecule has 2 aromatic carbocycles. The zero-order valence-electron chi connectivity index (χ0n) is 10.8. The molecule has 0 unspecified atom stereocenters. The van der Waals surface area contributed by atoms with E-state index in [0.717, 1.165) is 11.3 Å². The van der Waals surface area contributed by atoms with Gasteiger partial charge in [-0.2, -0.15) is 0 Å². The van der Waals surface area contributed by atoms with Gasteiger partial charge in [-0.25, -0.2) is 9.18 Å². The molecule has 0 heterocycles. The zero-order valence-corrected chi connectivity index (χ0v) is 11.5. The summed E-state index contributed by atoms with van der Waals surface area (Å²) in [5, 5.41) is 12.6. The van der Waals surface area contributed by atoms with Crippen molar-refractivity contribution in [2.75, 3.05) is 5.32 Å². The SMILES string of the molecule is Cc1c(Cl)cccc1NCc1ccc(C(=O)O)c(F)c1. The molecule has 0 aliphatic carbocycles. The second kappa shape index (κ2) is 5.92. The normalized spacial score (nSPS) is 10.3. The Hall–Kier alpha value is -2.07. The monoisotopic (exact) mass is 293 g/mol. The smallest absolute Gasteiger partial charge is 0.338 e. The van der Waals surface area contributed by atoms with Crippen LogP contribution >= 0.6 is 11.6 Å². The van der Waals surface area contributed by atoms with Crippen molar-refractivity contribution in [3.8, 4) is 0 Å². The van der Waals surface area contributed by atoms with Gasteiger partial charge in [-0.1, -0.05) is 23.7 Å². The predicted molar refractivity (Wildman–Crippen MR) is 76.9 cm³/mol. The third-order valence-electron chi connectivity index (χ3n) is 3.01. The van der Waals surface area contributed by atoms with E-state index in [4.69, 9.17) is 16.7 Å². The number of rotatable bonds is 4. The van der Waals surface area contributed by atoms with Crippen molar-refractivity contribution in [3.63, 3.8) is 0 Å². The summed E-state index contributed by atoms with van der Waals surface area (Å²) in [6, 6.07) is 9.56. The van der Waals surface area contributed by atoms with E-state index in [9.17, 15) is 9.18 Å². The molecule has 0 saturated carbocycles. The van der Waals surface area contributed by atoms with Crippen molar-refractivity contribution in [3.05, 3.63) is 63.9 Å². The maximum atomic E-state index is 13.5. The van der Waals surface area contributed by atoms with Crippen molar-refractivity contribution in [2.24, 2.45) is 0 Å². The van der Waals surface area contributed by atoms with Gasteiger partial charge in [0.25, 0.3) is 0 Å². The molecule has 0 bridgehead atoms. The van der Waals surface area contributed by atoms with Crippen LogP contribution in [0.5, 0.6) is 0 Å². The molecule has 0 radical (unpaired) electrons. The van der Waals surface area contributed by atoms with Crippen LogP contribution in [0.4, 0.5) is 10.1 Å². The maximum Gasteiger partial charge on any atom is 0.338 e. The summed E-state index contributed by atoms with van der Waals surface area (Å²) < 4.78 is 13.5. The van der Waals surface area contributed by atoms with Crippen molar-refractivity contribution in [2.45, 2.75) is 13.5 Å². The Balaban J connectivity index is 2.13. The van der Waals surface area contributed by atoms with Gasteiger partial charge in [0.05, 0.1) is 5.56 Å². The summed E-state index contributed by atoms with van der Waals surface area (Å²) in [7, 11) is 0. The van der Waals surface area contributed by atoms with Gasteiger partial charge in [-0.3, -0.25) is 0 Å². The fraction of sp³-hybridized carbons (Fsp3) is 0.133. The molecule has 0 aromatic heterocycles. The summed E-state index contributed by atoms with van der Waals surface area (Å²) >= 11 is 6.01. The van der Waals surface area contributed by atoms with E-state index in [2.05, 4.69) is 5.32 Å². The first-order valence-corrected chi connectivity index (χ1v) is 6.37. The maximum absolute atomic E-state index is 13.5. The number of anilines is 1. The van der Waals surface area contributed by atoms with Gasteiger partial charge in [0.1, 0.15) is 5.82 Å². The quantitative estimate of drug-likeness (QED) is 0.892. The Morgan fingerprint density at radius 1 is 1.35 bits per heavy atom. The molecule has 0 amide bonds. The molecule has 5 heteroatoms. The summed E-state index contributed by atoms with van der Waals surface area (Å²) in [6.45, 7) is 2.27. The molecular formula is C15H13ClFNO2. The van der Waals surface area contributed by atoms with E-state index in [-0.39, 0.29) is 5.56 Å². The third-order valence-corrected chi connectivity index (χ3v) is 3.42. The van der Waals surface area contributed by atoms with Gasteiger partial charge in [0, 0.05) is 17.3 Å². The van der Waals surface area contributed by atoms with Crippen LogP contribution in [0.25, 0.3) is 0 Å². The Morgan fingerprint density at radius 3 is 2.75 bits per heavy atom.